The molecule has 0 bridgehead atoms. The molecule has 1 rings (SSSR count). The van der Waals surface area contributed by atoms with Gasteiger partial charge in [0.2, 0.25) is 5.91 Å². The fourth-order valence-corrected chi connectivity index (χ4v) is 2.57. The summed E-state index contributed by atoms with van der Waals surface area (Å²) in [6, 6.07) is 0.197. The fourth-order valence-electron chi connectivity index (χ4n) is 2.26. The minimum atomic E-state index is 0.0953. The van der Waals surface area contributed by atoms with Crippen LogP contribution in [0.25, 0.3) is 0 Å². The third-order valence-corrected chi connectivity index (χ3v) is 3.47. The number of nitrogens with zero attached hydrogens (tertiary/aromatic N) is 1. The predicted molar refractivity (Wildman–Crippen MR) is 78.5 cm³/mol. The lowest BCUT2D eigenvalue weighted by Gasteiger charge is -2.26. The molecule has 0 aromatic rings. The topological polar surface area (TPSA) is 58.4 Å². The van der Waals surface area contributed by atoms with Crippen molar-refractivity contribution in [1.29, 1.82) is 0 Å². The van der Waals surface area contributed by atoms with Crippen LogP contribution in [0.4, 0.5) is 0 Å². The van der Waals surface area contributed by atoms with Crippen LogP contribution in [0.3, 0.4) is 0 Å². The van der Waals surface area contributed by atoms with Gasteiger partial charge in [0, 0.05) is 19.0 Å². The quantitative estimate of drug-likeness (QED) is 0.653. The molecule has 18 heavy (non-hydrogen) atoms. The molecule has 0 radical (unpaired) electrons. The number of carbonyl (C=O) groups is 1. The monoisotopic (exact) mass is 271 g/mol. The highest BCUT2D eigenvalue weighted by Gasteiger charge is 2.44. The van der Waals surface area contributed by atoms with E-state index in [9.17, 15) is 4.79 Å². The largest absolute Gasteiger partial charge is 0.393 e. The summed E-state index contributed by atoms with van der Waals surface area (Å²) >= 11 is 5.00. The molecule has 0 spiro atoms. The molecule has 1 aliphatic carbocycles. The van der Waals surface area contributed by atoms with Crippen molar-refractivity contribution in [2.24, 2.45) is 11.1 Å². The van der Waals surface area contributed by atoms with Gasteiger partial charge in [0.15, 0.2) is 0 Å². The number of nitrogens with one attached hydrogen (secondary N) is 1. The molecule has 0 aliphatic heterocycles. The van der Waals surface area contributed by atoms with E-state index >= 15 is 0 Å². The third kappa shape index (κ3) is 5.31. The van der Waals surface area contributed by atoms with Gasteiger partial charge in [0.1, 0.15) is 0 Å². The van der Waals surface area contributed by atoms with Gasteiger partial charge in [-0.1, -0.05) is 19.1 Å². The Morgan fingerprint density at radius 1 is 1.50 bits per heavy atom. The first-order chi connectivity index (χ1) is 8.37. The van der Waals surface area contributed by atoms with Gasteiger partial charge in [0.25, 0.3) is 0 Å². The molecule has 0 aromatic heterocycles. The first-order valence-corrected chi connectivity index (χ1v) is 7.08. The lowest BCUT2D eigenvalue weighted by Crippen LogP contribution is -2.42. The Balaban J connectivity index is 2.42. The Morgan fingerprint density at radius 2 is 2.11 bits per heavy atom. The number of amides is 1. The van der Waals surface area contributed by atoms with Crippen molar-refractivity contribution in [3.8, 4) is 0 Å². The molecule has 1 amide bonds. The van der Waals surface area contributed by atoms with Gasteiger partial charge in [-0.15, -0.1) is 0 Å². The maximum atomic E-state index is 11.7. The highest BCUT2D eigenvalue weighted by atomic mass is 32.1. The fraction of sp³-hybridized carbons (Fsp3) is 0.846. The maximum absolute atomic E-state index is 11.7. The molecule has 3 N–H and O–H groups in total. The summed E-state index contributed by atoms with van der Waals surface area (Å²) in [5.41, 5.74) is 5.89. The smallest absolute Gasteiger partial charge is 0.234 e. The highest BCUT2D eigenvalue weighted by molar-refractivity contribution is 7.80. The van der Waals surface area contributed by atoms with Crippen molar-refractivity contribution >= 4 is 23.1 Å². The van der Waals surface area contributed by atoms with Crippen LogP contribution < -0.4 is 11.1 Å². The lowest BCUT2D eigenvalue weighted by molar-refractivity contribution is -0.122. The first kappa shape index (κ1) is 15.4. The summed E-state index contributed by atoms with van der Waals surface area (Å²) in [5.74, 6) is 0.0953. The second kappa shape index (κ2) is 6.48. The normalized spacial score (nSPS) is 16.9. The third-order valence-electron chi connectivity index (χ3n) is 3.33. The molecule has 5 heteroatoms. The van der Waals surface area contributed by atoms with E-state index < -0.39 is 0 Å². The van der Waals surface area contributed by atoms with E-state index in [0.29, 0.717) is 11.5 Å². The second-order valence-corrected chi connectivity index (χ2v) is 6.19. The molecule has 1 saturated carbocycles. The van der Waals surface area contributed by atoms with Crippen molar-refractivity contribution in [1.82, 2.24) is 10.2 Å². The molecule has 4 nitrogen and oxygen atoms in total. The van der Waals surface area contributed by atoms with Crippen LogP contribution in [0.1, 0.15) is 40.0 Å². The number of carbonyl (C=O) groups excluding carboxylic acids is 1. The summed E-state index contributed by atoms with van der Waals surface area (Å²) in [7, 11) is 0. The number of hydrogen-bond donors (Lipinski definition) is 2. The lowest BCUT2D eigenvalue weighted by atomic mass is 10.0. The van der Waals surface area contributed by atoms with Crippen LogP contribution in [0.15, 0.2) is 0 Å². The minimum absolute atomic E-state index is 0.0953. The van der Waals surface area contributed by atoms with E-state index in [1.807, 2.05) is 13.8 Å². The van der Waals surface area contributed by atoms with Gasteiger partial charge in [0.05, 0.1) is 11.5 Å². The van der Waals surface area contributed by atoms with Crippen molar-refractivity contribution in [2.45, 2.75) is 46.1 Å². The minimum Gasteiger partial charge on any atom is -0.393 e. The van der Waals surface area contributed by atoms with Gasteiger partial charge >= 0.3 is 0 Å². The Labute approximate surface area is 115 Å². The van der Waals surface area contributed by atoms with Gasteiger partial charge in [-0.3, -0.25) is 9.69 Å². The van der Waals surface area contributed by atoms with Crippen molar-refractivity contribution in [3.05, 3.63) is 0 Å². The number of thiocarbonyl (C=S) groups is 1. The van der Waals surface area contributed by atoms with Crippen LogP contribution in [0, 0.1) is 5.41 Å². The zero-order chi connectivity index (χ0) is 13.8. The van der Waals surface area contributed by atoms with Crippen LogP contribution in [0.2, 0.25) is 0 Å². The van der Waals surface area contributed by atoms with Gasteiger partial charge in [-0.25, -0.2) is 0 Å². The number of rotatable bonds is 8. The molecular weight excluding hydrogens is 246 g/mol. The molecule has 0 saturated heterocycles. The van der Waals surface area contributed by atoms with Gasteiger partial charge in [-0.2, -0.15) is 0 Å². The summed E-state index contributed by atoms with van der Waals surface area (Å²) in [5, 5.41) is 2.92. The SMILES string of the molecule is CCN(CC(=O)NC(C)C)CC1(CC(N)=S)CC1. The van der Waals surface area contributed by atoms with Crippen molar-refractivity contribution < 1.29 is 4.79 Å². The molecule has 0 unspecified atom stereocenters. The molecule has 0 aromatic carbocycles. The number of hydrogen-bond acceptors (Lipinski definition) is 3. The average molecular weight is 271 g/mol. The zero-order valence-electron chi connectivity index (χ0n) is 11.7. The van der Waals surface area contributed by atoms with Crippen LogP contribution in [-0.4, -0.2) is 41.5 Å². The maximum Gasteiger partial charge on any atom is 0.234 e. The molecule has 0 atom stereocenters. The standard InChI is InChI=1S/C13H25N3OS/c1-4-16(8-12(17)15-10(2)3)9-13(5-6-13)7-11(14)18/h10H,4-9H2,1-3H3,(H2,14,18)(H,15,17). The van der Waals surface area contributed by atoms with E-state index in [4.69, 9.17) is 18.0 Å². The van der Waals surface area contributed by atoms with Gasteiger partial charge < -0.3 is 11.1 Å². The predicted octanol–water partition coefficient (Wildman–Crippen LogP) is 1.29. The van der Waals surface area contributed by atoms with Gasteiger partial charge in [-0.05, 0) is 38.6 Å². The number of nitrogens with two attached hydrogens (primary N) is 1. The Bertz CT molecular complexity index is 313. The van der Waals surface area contributed by atoms with Crippen molar-refractivity contribution in [2.75, 3.05) is 19.6 Å². The van der Waals surface area contributed by atoms with E-state index in [0.717, 1.165) is 19.5 Å². The van der Waals surface area contributed by atoms with E-state index in [-0.39, 0.29) is 17.4 Å². The molecule has 1 aliphatic rings. The Morgan fingerprint density at radius 3 is 2.50 bits per heavy atom. The van der Waals surface area contributed by atoms with Crippen LogP contribution in [0.5, 0.6) is 0 Å². The molecule has 104 valence electrons. The summed E-state index contributed by atoms with van der Waals surface area (Å²) < 4.78 is 0. The summed E-state index contributed by atoms with van der Waals surface area (Å²) in [6.07, 6.45) is 3.16. The summed E-state index contributed by atoms with van der Waals surface area (Å²) in [4.78, 5) is 14.5. The van der Waals surface area contributed by atoms with E-state index in [1.54, 1.807) is 0 Å². The van der Waals surface area contributed by atoms with Crippen LogP contribution in [-0.2, 0) is 4.79 Å². The highest BCUT2D eigenvalue weighted by Crippen LogP contribution is 2.49. The second-order valence-electron chi connectivity index (χ2n) is 5.67. The van der Waals surface area contributed by atoms with Crippen LogP contribution >= 0.6 is 12.2 Å². The van der Waals surface area contributed by atoms with E-state index in [2.05, 4.69) is 17.1 Å². The number of likely N-dealkylation sites (N-methyl/N-ethyl adjacent to an activating group) is 1. The molecule has 0 heterocycles. The first-order valence-electron chi connectivity index (χ1n) is 6.67. The Kier molecular flexibility index (Phi) is 5.53. The summed E-state index contributed by atoms with van der Waals surface area (Å²) in [6.45, 7) is 8.30. The Hall–Kier alpha value is -0.680. The zero-order valence-corrected chi connectivity index (χ0v) is 12.5. The van der Waals surface area contributed by atoms with Crippen molar-refractivity contribution in [3.63, 3.8) is 0 Å². The molecule has 1 fully saturated rings. The van der Waals surface area contributed by atoms with E-state index in [1.165, 1.54) is 12.8 Å². The average Bonchev–Trinajstić information content (AvgIpc) is 2.94. The molecular formula is C13H25N3OS.